The summed E-state index contributed by atoms with van der Waals surface area (Å²) in [7, 11) is 0. The molecule has 0 bridgehead atoms. The Hall–Kier alpha value is -0.570. The van der Waals surface area contributed by atoms with E-state index in [2.05, 4.69) is 31.4 Å². The Morgan fingerprint density at radius 1 is 1.50 bits per heavy atom. The number of hydrogen-bond donors (Lipinski definition) is 2. The Balaban J connectivity index is 2.40. The van der Waals surface area contributed by atoms with Crippen LogP contribution < -0.4 is 10.6 Å². The molecule has 0 saturated carbocycles. The second-order valence-corrected chi connectivity index (χ2v) is 4.73. The van der Waals surface area contributed by atoms with E-state index < -0.39 is 0 Å². The molecular weight excluding hydrogens is 176 g/mol. The predicted octanol–water partition coefficient (Wildman–Crippen LogP) is 1.43. The largest absolute Gasteiger partial charge is 0.350 e. The fourth-order valence-corrected chi connectivity index (χ4v) is 1.58. The molecule has 1 heterocycles. The summed E-state index contributed by atoms with van der Waals surface area (Å²) in [6, 6.07) is 0.0366. The lowest BCUT2D eigenvalue weighted by atomic mass is 9.99. The molecule has 14 heavy (non-hydrogen) atoms. The number of rotatable bonds is 3. The average molecular weight is 198 g/mol. The normalized spacial score (nSPS) is 23.2. The number of carbonyl (C=O) groups is 1. The van der Waals surface area contributed by atoms with Gasteiger partial charge in [0.15, 0.2) is 0 Å². The van der Waals surface area contributed by atoms with Crippen LogP contribution in [0.25, 0.3) is 0 Å². The van der Waals surface area contributed by atoms with Gasteiger partial charge in [-0.05, 0) is 39.7 Å². The molecule has 0 spiro atoms. The summed E-state index contributed by atoms with van der Waals surface area (Å²) in [5, 5.41) is 6.33. The van der Waals surface area contributed by atoms with Crippen LogP contribution in [0.5, 0.6) is 0 Å². The second kappa shape index (κ2) is 4.78. The number of nitrogens with one attached hydrogen (secondary N) is 2. The van der Waals surface area contributed by atoms with Gasteiger partial charge in [-0.2, -0.15) is 0 Å². The first-order chi connectivity index (χ1) is 6.55. The van der Waals surface area contributed by atoms with Crippen molar-refractivity contribution >= 4 is 5.91 Å². The van der Waals surface area contributed by atoms with E-state index in [0.29, 0.717) is 0 Å². The third-order valence-electron chi connectivity index (χ3n) is 2.97. The maximum Gasteiger partial charge on any atom is 0.237 e. The van der Waals surface area contributed by atoms with Crippen molar-refractivity contribution in [3.8, 4) is 0 Å². The third-order valence-corrected chi connectivity index (χ3v) is 2.97. The van der Waals surface area contributed by atoms with Gasteiger partial charge in [0.05, 0.1) is 6.04 Å². The molecule has 0 unspecified atom stereocenters. The van der Waals surface area contributed by atoms with E-state index in [1.807, 2.05) is 0 Å². The van der Waals surface area contributed by atoms with Gasteiger partial charge in [0, 0.05) is 5.54 Å². The molecule has 1 amide bonds. The molecule has 0 aromatic rings. The Morgan fingerprint density at radius 3 is 2.71 bits per heavy atom. The van der Waals surface area contributed by atoms with Gasteiger partial charge in [-0.1, -0.05) is 13.3 Å². The van der Waals surface area contributed by atoms with Crippen LogP contribution >= 0.6 is 0 Å². The second-order valence-electron chi connectivity index (χ2n) is 4.73. The predicted molar refractivity (Wildman–Crippen MR) is 58.2 cm³/mol. The van der Waals surface area contributed by atoms with Crippen molar-refractivity contribution in [2.75, 3.05) is 6.54 Å². The highest BCUT2D eigenvalue weighted by atomic mass is 16.2. The quantitative estimate of drug-likeness (QED) is 0.720. The molecule has 1 rings (SSSR count). The molecule has 2 N–H and O–H groups in total. The number of piperidine rings is 1. The lowest BCUT2D eigenvalue weighted by Gasteiger charge is -2.29. The molecule has 1 saturated heterocycles. The highest BCUT2D eigenvalue weighted by Gasteiger charge is 2.25. The highest BCUT2D eigenvalue weighted by molar-refractivity contribution is 5.82. The Kier molecular flexibility index (Phi) is 3.93. The fraction of sp³-hybridized carbons (Fsp3) is 0.909. The van der Waals surface area contributed by atoms with Crippen LogP contribution in [-0.2, 0) is 4.79 Å². The van der Waals surface area contributed by atoms with Gasteiger partial charge in [-0.15, -0.1) is 0 Å². The van der Waals surface area contributed by atoms with E-state index in [9.17, 15) is 4.79 Å². The Bertz CT molecular complexity index is 195. The number of carbonyl (C=O) groups excluding carboxylic acids is 1. The highest BCUT2D eigenvalue weighted by Crippen LogP contribution is 2.11. The minimum absolute atomic E-state index is 0.0366. The number of amides is 1. The smallest absolute Gasteiger partial charge is 0.237 e. The summed E-state index contributed by atoms with van der Waals surface area (Å²) in [4.78, 5) is 11.8. The molecule has 0 aromatic carbocycles. The molecule has 1 aliphatic rings. The summed E-state index contributed by atoms with van der Waals surface area (Å²) < 4.78 is 0. The molecule has 3 nitrogen and oxygen atoms in total. The first-order valence-electron chi connectivity index (χ1n) is 5.60. The fourth-order valence-electron chi connectivity index (χ4n) is 1.58. The minimum Gasteiger partial charge on any atom is -0.350 e. The topological polar surface area (TPSA) is 41.1 Å². The maximum atomic E-state index is 11.8. The zero-order chi connectivity index (χ0) is 10.6. The van der Waals surface area contributed by atoms with Crippen molar-refractivity contribution in [3.63, 3.8) is 0 Å². The van der Waals surface area contributed by atoms with E-state index in [0.717, 1.165) is 25.8 Å². The van der Waals surface area contributed by atoms with Crippen molar-refractivity contribution in [1.29, 1.82) is 0 Å². The molecule has 3 heteroatoms. The van der Waals surface area contributed by atoms with E-state index in [1.54, 1.807) is 0 Å². The van der Waals surface area contributed by atoms with Crippen LogP contribution in [0.15, 0.2) is 0 Å². The molecule has 82 valence electrons. The summed E-state index contributed by atoms with van der Waals surface area (Å²) in [6.07, 6.45) is 4.30. The first kappa shape index (κ1) is 11.5. The summed E-state index contributed by atoms with van der Waals surface area (Å²) in [6.45, 7) is 7.20. The molecular formula is C11H22N2O. The first-order valence-corrected chi connectivity index (χ1v) is 5.60. The lowest BCUT2D eigenvalue weighted by Crippen LogP contribution is -2.53. The van der Waals surface area contributed by atoms with Crippen LogP contribution in [0.3, 0.4) is 0 Å². The zero-order valence-electron chi connectivity index (χ0n) is 9.52. The van der Waals surface area contributed by atoms with Crippen LogP contribution in [0.1, 0.15) is 46.5 Å². The van der Waals surface area contributed by atoms with Gasteiger partial charge in [0.1, 0.15) is 0 Å². The van der Waals surface area contributed by atoms with Crippen molar-refractivity contribution in [3.05, 3.63) is 0 Å². The van der Waals surface area contributed by atoms with E-state index >= 15 is 0 Å². The average Bonchev–Trinajstić information content (AvgIpc) is 2.19. The molecule has 1 fully saturated rings. The monoisotopic (exact) mass is 198 g/mol. The van der Waals surface area contributed by atoms with E-state index in [-0.39, 0.29) is 17.5 Å². The van der Waals surface area contributed by atoms with Gasteiger partial charge in [0.2, 0.25) is 5.91 Å². The molecule has 0 aliphatic carbocycles. The third kappa shape index (κ3) is 3.29. The zero-order valence-corrected chi connectivity index (χ0v) is 9.52. The Labute approximate surface area is 86.6 Å². The lowest BCUT2D eigenvalue weighted by molar-refractivity contribution is -0.125. The van der Waals surface area contributed by atoms with E-state index in [1.165, 1.54) is 6.42 Å². The van der Waals surface area contributed by atoms with Crippen LogP contribution in [-0.4, -0.2) is 24.0 Å². The van der Waals surface area contributed by atoms with Crippen LogP contribution in [0, 0.1) is 0 Å². The van der Waals surface area contributed by atoms with E-state index in [4.69, 9.17) is 0 Å². The molecule has 0 radical (unpaired) electrons. The number of hydrogen-bond acceptors (Lipinski definition) is 2. The molecule has 1 aliphatic heterocycles. The SMILES string of the molecule is CCC(C)(C)NC(=O)[C@@H]1CCCCN1. The van der Waals surface area contributed by atoms with Gasteiger partial charge >= 0.3 is 0 Å². The van der Waals surface area contributed by atoms with Crippen LogP contribution in [0.2, 0.25) is 0 Å². The van der Waals surface area contributed by atoms with Gasteiger partial charge in [-0.3, -0.25) is 4.79 Å². The van der Waals surface area contributed by atoms with Crippen molar-refractivity contribution in [2.24, 2.45) is 0 Å². The van der Waals surface area contributed by atoms with Crippen molar-refractivity contribution in [1.82, 2.24) is 10.6 Å². The van der Waals surface area contributed by atoms with Gasteiger partial charge in [-0.25, -0.2) is 0 Å². The maximum absolute atomic E-state index is 11.8. The van der Waals surface area contributed by atoms with Crippen molar-refractivity contribution in [2.45, 2.75) is 58.0 Å². The van der Waals surface area contributed by atoms with Crippen molar-refractivity contribution < 1.29 is 4.79 Å². The summed E-state index contributed by atoms with van der Waals surface area (Å²) >= 11 is 0. The molecule has 1 atom stereocenters. The summed E-state index contributed by atoms with van der Waals surface area (Å²) in [5.74, 6) is 0.163. The minimum atomic E-state index is -0.0732. The molecule has 0 aromatic heterocycles. The van der Waals surface area contributed by atoms with Gasteiger partial charge in [0.25, 0.3) is 0 Å². The Morgan fingerprint density at radius 2 is 2.21 bits per heavy atom. The standard InChI is InChI=1S/C11H22N2O/c1-4-11(2,3)13-10(14)9-7-5-6-8-12-9/h9,12H,4-8H2,1-3H3,(H,13,14)/t9-/m0/s1. The van der Waals surface area contributed by atoms with Crippen LogP contribution in [0.4, 0.5) is 0 Å². The van der Waals surface area contributed by atoms with Gasteiger partial charge < -0.3 is 10.6 Å². The summed E-state index contributed by atoms with van der Waals surface area (Å²) in [5.41, 5.74) is -0.0732.